The zero-order chi connectivity index (χ0) is 18.8. The molecular weight excluding hydrogens is 409 g/mol. The second-order valence-corrected chi connectivity index (χ2v) is 7.59. The highest BCUT2D eigenvalue weighted by Crippen LogP contribution is 2.25. The van der Waals surface area contributed by atoms with E-state index < -0.39 is 0 Å². The predicted molar refractivity (Wildman–Crippen MR) is 107 cm³/mol. The van der Waals surface area contributed by atoms with E-state index in [1.165, 1.54) is 24.6 Å². The predicted octanol–water partition coefficient (Wildman–Crippen LogP) is 4.97. The Hall–Kier alpha value is -2.47. The molecule has 2 heterocycles. The molecule has 1 N–H and O–H groups in total. The molecule has 1 aromatic heterocycles. The number of nitrogens with zero attached hydrogens (tertiary/aromatic N) is 2. The fraction of sp³-hybridized carbons (Fsp3) is 0.238. The van der Waals surface area contributed by atoms with Crippen LogP contribution in [0.3, 0.4) is 0 Å². The van der Waals surface area contributed by atoms with Crippen molar-refractivity contribution in [3.63, 3.8) is 0 Å². The number of anilines is 1. The third-order valence-electron chi connectivity index (χ3n) is 4.78. The molecule has 1 aliphatic rings. The van der Waals surface area contributed by atoms with E-state index in [1.54, 1.807) is 12.1 Å². The summed E-state index contributed by atoms with van der Waals surface area (Å²) in [5.74, 6) is 0.508. The van der Waals surface area contributed by atoms with E-state index in [2.05, 4.69) is 30.8 Å². The molecular formula is C21H19BrFN3O. The highest BCUT2D eigenvalue weighted by molar-refractivity contribution is 9.10. The largest absolute Gasteiger partial charge is 0.328 e. The molecule has 6 heteroatoms. The molecule has 1 amide bonds. The normalized spacial score (nSPS) is 13.3. The number of benzene rings is 2. The van der Waals surface area contributed by atoms with Crippen molar-refractivity contribution in [2.24, 2.45) is 0 Å². The minimum Gasteiger partial charge on any atom is -0.328 e. The van der Waals surface area contributed by atoms with E-state index in [0.29, 0.717) is 4.47 Å². The number of rotatable bonds is 4. The molecule has 0 saturated heterocycles. The number of carbonyl (C=O) groups excluding carboxylic acids is 1. The van der Waals surface area contributed by atoms with Gasteiger partial charge in [-0.3, -0.25) is 4.79 Å². The maximum Gasteiger partial charge on any atom is 0.228 e. The van der Waals surface area contributed by atoms with E-state index in [4.69, 9.17) is 0 Å². The minimum absolute atomic E-state index is 0.139. The fourth-order valence-corrected chi connectivity index (χ4v) is 3.84. The Bertz CT molecular complexity index is 982. The molecule has 3 aromatic rings. The van der Waals surface area contributed by atoms with Gasteiger partial charge in [0.05, 0.1) is 10.9 Å². The molecule has 2 aromatic carbocycles. The Labute approximate surface area is 165 Å². The maximum absolute atomic E-state index is 13.3. The highest BCUT2D eigenvalue weighted by atomic mass is 79.9. The van der Waals surface area contributed by atoms with E-state index in [0.717, 1.165) is 35.6 Å². The second kappa shape index (κ2) is 7.64. The standard InChI is InChI=1S/C21H19BrFN3O/c22-18-11-14(4-9-19(18)23)12-20(27)25-16-7-5-15(6-8-16)21-24-13-17-3-1-2-10-26(17)21/h4-9,11,13H,1-3,10,12H2,(H,25,27). The van der Waals surface area contributed by atoms with Gasteiger partial charge in [-0.1, -0.05) is 6.07 Å². The molecule has 0 spiro atoms. The first-order valence-electron chi connectivity index (χ1n) is 8.99. The lowest BCUT2D eigenvalue weighted by atomic mass is 10.1. The van der Waals surface area contributed by atoms with Crippen LogP contribution in [-0.4, -0.2) is 15.5 Å². The van der Waals surface area contributed by atoms with Crippen molar-refractivity contribution in [3.8, 4) is 11.4 Å². The molecule has 4 nitrogen and oxygen atoms in total. The Balaban J connectivity index is 1.44. The van der Waals surface area contributed by atoms with Crippen LogP contribution >= 0.6 is 15.9 Å². The number of fused-ring (bicyclic) bond motifs is 1. The summed E-state index contributed by atoms with van der Waals surface area (Å²) in [6, 6.07) is 12.3. The number of nitrogens with one attached hydrogen (secondary N) is 1. The van der Waals surface area contributed by atoms with Crippen LogP contribution in [0.4, 0.5) is 10.1 Å². The smallest absolute Gasteiger partial charge is 0.228 e. The van der Waals surface area contributed by atoms with Crippen molar-refractivity contribution in [2.45, 2.75) is 32.2 Å². The number of hydrogen-bond acceptors (Lipinski definition) is 2. The van der Waals surface area contributed by atoms with Gasteiger partial charge in [-0.05, 0) is 77.2 Å². The van der Waals surface area contributed by atoms with Gasteiger partial charge in [0.2, 0.25) is 5.91 Å². The van der Waals surface area contributed by atoms with Crippen molar-refractivity contribution in [3.05, 3.63) is 70.2 Å². The zero-order valence-electron chi connectivity index (χ0n) is 14.7. The van der Waals surface area contributed by atoms with Gasteiger partial charge in [-0.2, -0.15) is 0 Å². The molecule has 27 heavy (non-hydrogen) atoms. The lowest BCUT2D eigenvalue weighted by Gasteiger charge is -2.16. The highest BCUT2D eigenvalue weighted by Gasteiger charge is 2.15. The number of carbonyl (C=O) groups is 1. The second-order valence-electron chi connectivity index (χ2n) is 6.73. The number of hydrogen-bond donors (Lipinski definition) is 1. The molecule has 0 radical (unpaired) electrons. The Morgan fingerprint density at radius 1 is 1.19 bits per heavy atom. The van der Waals surface area contributed by atoms with Gasteiger partial charge < -0.3 is 9.88 Å². The van der Waals surface area contributed by atoms with Crippen LogP contribution in [0.15, 0.2) is 53.1 Å². The van der Waals surface area contributed by atoms with Gasteiger partial charge in [0.15, 0.2) is 0 Å². The Morgan fingerprint density at radius 3 is 2.78 bits per heavy atom. The minimum atomic E-state index is -0.337. The first kappa shape index (κ1) is 17.9. The fourth-order valence-electron chi connectivity index (χ4n) is 3.41. The quantitative estimate of drug-likeness (QED) is 0.638. The van der Waals surface area contributed by atoms with Gasteiger partial charge in [-0.25, -0.2) is 9.37 Å². The average molecular weight is 428 g/mol. The van der Waals surface area contributed by atoms with Crippen molar-refractivity contribution in [2.75, 3.05) is 5.32 Å². The summed E-state index contributed by atoms with van der Waals surface area (Å²) < 4.78 is 15.9. The van der Waals surface area contributed by atoms with E-state index >= 15 is 0 Å². The van der Waals surface area contributed by atoms with Crippen LogP contribution < -0.4 is 5.32 Å². The third kappa shape index (κ3) is 3.95. The molecule has 0 bridgehead atoms. The summed E-state index contributed by atoms with van der Waals surface area (Å²) >= 11 is 3.14. The molecule has 138 valence electrons. The van der Waals surface area contributed by atoms with E-state index in [-0.39, 0.29) is 18.1 Å². The summed E-state index contributed by atoms with van der Waals surface area (Å²) in [5.41, 5.74) is 3.82. The zero-order valence-corrected chi connectivity index (χ0v) is 16.3. The molecule has 0 fully saturated rings. The summed E-state index contributed by atoms with van der Waals surface area (Å²) in [4.78, 5) is 16.8. The van der Waals surface area contributed by atoms with Crippen LogP contribution in [0.25, 0.3) is 11.4 Å². The van der Waals surface area contributed by atoms with Crippen LogP contribution in [0.2, 0.25) is 0 Å². The first-order chi connectivity index (χ1) is 13.1. The maximum atomic E-state index is 13.3. The van der Waals surface area contributed by atoms with Gasteiger partial charge in [-0.15, -0.1) is 0 Å². The molecule has 1 aliphatic heterocycles. The van der Waals surface area contributed by atoms with Gasteiger partial charge in [0.25, 0.3) is 0 Å². The molecule has 4 rings (SSSR count). The van der Waals surface area contributed by atoms with Crippen LogP contribution in [-0.2, 0) is 24.2 Å². The first-order valence-corrected chi connectivity index (χ1v) is 9.78. The Morgan fingerprint density at radius 2 is 2.00 bits per heavy atom. The van der Waals surface area contributed by atoms with Gasteiger partial charge in [0.1, 0.15) is 11.6 Å². The van der Waals surface area contributed by atoms with Crippen LogP contribution in [0.5, 0.6) is 0 Å². The average Bonchev–Trinajstić information content (AvgIpc) is 3.09. The van der Waals surface area contributed by atoms with Crippen molar-refractivity contribution in [1.82, 2.24) is 9.55 Å². The van der Waals surface area contributed by atoms with Crippen molar-refractivity contribution >= 4 is 27.5 Å². The number of imidazole rings is 1. The number of aromatic nitrogens is 2. The SMILES string of the molecule is O=C(Cc1ccc(F)c(Br)c1)Nc1ccc(-c2ncc3n2CCCC3)cc1. The van der Waals surface area contributed by atoms with Gasteiger partial charge >= 0.3 is 0 Å². The number of aryl methyl sites for hydroxylation is 1. The van der Waals surface area contributed by atoms with Gasteiger partial charge in [0, 0.05) is 29.7 Å². The summed E-state index contributed by atoms with van der Waals surface area (Å²) in [7, 11) is 0. The molecule has 0 aliphatic carbocycles. The number of amides is 1. The number of halogens is 2. The van der Waals surface area contributed by atoms with Crippen LogP contribution in [0, 0.1) is 5.82 Å². The molecule has 0 atom stereocenters. The lowest BCUT2D eigenvalue weighted by Crippen LogP contribution is -2.14. The summed E-state index contributed by atoms with van der Waals surface area (Å²) in [6.45, 7) is 1.01. The van der Waals surface area contributed by atoms with Crippen molar-refractivity contribution < 1.29 is 9.18 Å². The summed E-state index contributed by atoms with van der Waals surface area (Å²) in [6.07, 6.45) is 5.64. The lowest BCUT2D eigenvalue weighted by molar-refractivity contribution is -0.115. The van der Waals surface area contributed by atoms with Crippen LogP contribution in [0.1, 0.15) is 24.1 Å². The topological polar surface area (TPSA) is 46.9 Å². The molecule has 0 unspecified atom stereocenters. The monoisotopic (exact) mass is 427 g/mol. The Kier molecular flexibility index (Phi) is 5.07. The molecule has 0 saturated carbocycles. The van der Waals surface area contributed by atoms with E-state index in [9.17, 15) is 9.18 Å². The summed E-state index contributed by atoms with van der Waals surface area (Å²) in [5, 5.41) is 2.88. The van der Waals surface area contributed by atoms with E-state index in [1.807, 2.05) is 30.5 Å². The third-order valence-corrected chi connectivity index (χ3v) is 5.39. The van der Waals surface area contributed by atoms with Crippen molar-refractivity contribution in [1.29, 1.82) is 0 Å².